The molecule has 0 fully saturated rings. The van der Waals surface area contributed by atoms with Crippen molar-refractivity contribution in [3.63, 3.8) is 0 Å². The predicted molar refractivity (Wildman–Crippen MR) is 138 cm³/mol. The highest BCUT2D eigenvalue weighted by Crippen LogP contribution is 2.15. The van der Waals surface area contributed by atoms with E-state index >= 15 is 0 Å². The van der Waals surface area contributed by atoms with Crippen LogP contribution >= 0.6 is 0 Å². The fourth-order valence-electron chi connectivity index (χ4n) is 2.72. The van der Waals surface area contributed by atoms with Crippen LogP contribution in [0.25, 0.3) is 0 Å². The van der Waals surface area contributed by atoms with Gasteiger partial charge in [0.25, 0.3) is 0 Å². The summed E-state index contributed by atoms with van der Waals surface area (Å²) in [5.74, 6) is 1.75. The topological polar surface area (TPSA) is 51.6 Å². The molecule has 0 N–H and O–H groups in total. The van der Waals surface area contributed by atoms with Crippen molar-refractivity contribution < 1.29 is 0 Å². The van der Waals surface area contributed by atoms with E-state index in [9.17, 15) is 0 Å². The predicted octanol–water partition coefficient (Wildman–Crippen LogP) is 7.88. The van der Waals surface area contributed by atoms with Crippen LogP contribution in [-0.2, 0) is 0 Å². The van der Waals surface area contributed by atoms with Crippen molar-refractivity contribution in [1.82, 2.24) is 20.2 Å². The van der Waals surface area contributed by atoms with E-state index in [4.69, 9.17) is 0 Å². The Balaban J connectivity index is 0.000000444. The van der Waals surface area contributed by atoms with Crippen LogP contribution in [0, 0.1) is 27.7 Å². The van der Waals surface area contributed by atoms with Crippen molar-refractivity contribution in [2.75, 3.05) is 0 Å². The average Bonchev–Trinajstić information content (AvgIpc) is 2.71. The van der Waals surface area contributed by atoms with Crippen LogP contribution in [0.3, 0.4) is 0 Å². The maximum atomic E-state index is 4.30. The van der Waals surface area contributed by atoms with E-state index in [1.165, 1.54) is 22.3 Å². The highest BCUT2D eigenvalue weighted by atomic mass is 15.1. The molecule has 0 spiro atoms. The molecular formula is C28H44N4. The number of rotatable bonds is 3. The van der Waals surface area contributed by atoms with E-state index in [0.717, 1.165) is 17.1 Å². The zero-order valence-electron chi connectivity index (χ0n) is 21.1. The average molecular weight is 437 g/mol. The lowest BCUT2D eigenvalue weighted by Crippen LogP contribution is -1.93. The zero-order chi connectivity index (χ0) is 23.6. The molecule has 32 heavy (non-hydrogen) atoms. The maximum absolute atomic E-state index is 4.30. The van der Waals surface area contributed by atoms with Gasteiger partial charge in [-0.25, -0.2) is 0 Å². The minimum atomic E-state index is 0. The third kappa shape index (κ3) is 10.6. The van der Waals surface area contributed by atoms with Gasteiger partial charge in [-0.15, -0.1) is 0 Å². The van der Waals surface area contributed by atoms with Gasteiger partial charge in [-0.3, -0.25) is 9.97 Å². The van der Waals surface area contributed by atoms with Gasteiger partial charge in [-0.05, 0) is 85.9 Å². The smallest absolute Gasteiger partial charge is 0.0603 e. The normalized spacial score (nSPS) is 10.2. The number of aromatic nitrogens is 4. The Hall–Kier alpha value is -2.62. The van der Waals surface area contributed by atoms with Gasteiger partial charge in [-0.1, -0.05) is 55.0 Å². The van der Waals surface area contributed by atoms with E-state index in [2.05, 4.69) is 92.9 Å². The summed E-state index contributed by atoms with van der Waals surface area (Å²) in [5, 5.41) is 7.73. The summed E-state index contributed by atoms with van der Waals surface area (Å²) in [6.45, 7) is 21.2. The van der Waals surface area contributed by atoms with Gasteiger partial charge in [0.1, 0.15) is 0 Å². The number of pyridine rings is 2. The van der Waals surface area contributed by atoms with Crippen LogP contribution in [0.15, 0.2) is 42.9 Å². The fourth-order valence-corrected chi connectivity index (χ4v) is 2.72. The van der Waals surface area contributed by atoms with Gasteiger partial charge in [0.05, 0.1) is 11.9 Å². The molecule has 0 atom stereocenters. The highest BCUT2D eigenvalue weighted by molar-refractivity contribution is 5.24. The standard InChI is InChI=1S/C10H15N.C9H13N.C8H12N2.CH4/c1-7(2)10-5-8(3)9(4)11-6-10;1-7(2)9-4-5-10-8(3)6-9;1-6(2)8-4-7(3)10-9-5-8;/h5-7H,1-4H3;4-7H,1-3H3;4-6H,1-3H3;1H4. The highest BCUT2D eigenvalue weighted by Gasteiger charge is 2.01. The molecule has 3 heterocycles. The molecule has 0 aliphatic rings. The molecule has 4 nitrogen and oxygen atoms in total. The number of aryl methyl sites for hydroxylation is 4. The van der Waals surface area contributed by atoms with Gasteiger partial charge in [0.2, 0.25) is 0 Å². The largest absolute Gasteiger partial charge is 0.262 e. The first kappa shape index (κ1) is 29.4. The molecule has 0 saturated carbocycles. The van der Waals surface area contributed by atoms with Crippen LogP contribution in [0.1, 0.15) is 106 Å². The van der Waals surface area contributed by atoms with E-state index in [1.807, 2.05) is 39.4 Å². The van der Waals surface area contributed by atoms with Crippen LogP contribution in [-0.4, -0.2) is 20.2 Å². The summed E-state index contributed by atoms with van der Waals surface area (Å²) in [7, 11) is 0. The summed E-state index contributed by atoms with van der Waals surface area (Å²) in [4.78, 5) is 8.42. The molecule has 3 aromatic rings. The summed E-state index contributed by atoms with van der Waals surface area (Å²) >= 11 is 0. The molecule has 0 aliphatic heterocycles. The quantitative estimate of drug-likeness (QED) is 0.419. The molecule has 176 valence electrons. The van der Waals surface area contributed by atoms with Gasteiger partial charge in [0.15, 0.2) is 0 Å². The first-order valence-corrected chi connectivity index (χ1v) is 11.2. The Morgan fingerprint density at radius 1 is 0.625 bits per heavy atom. The third-order valence-corrected chi connectivity index (χ3v) is 5.08. The first-order chi connectivity index (χ1) is 14.5. The summed E-state index contributed by atoms with van der Waals surface area (Å²) in [6, 6.07) is 8.48. The molecule has 3 rings (SSSR count). The van der Waals surface area contributed by atoms with E-state index in [1.54, 1.807) is 0 Å². The second kappa shape index (κ2) is 14.4. The Kier molecular flexibility index (Phi) is 13.3. The number of hydrogen-bond donors (Lipinski definition) is 0. The minimum absolute atomic E-state index is 0. The van der Waals surface area contributed by atoms with Crippen LogP contribution in [0.5, 0.6) is 0 Å². The second-order valence-corrected chi connectivity index (χ2v) is 9.00. The van der Waals surface area contributed by atoms with Crippen molar-refractivity contribution in [1.29, 1.82) is 0 Å². The maximum Gasteiger partial charge on any atom is 0.0603 e. The molecule has 0 amide bonds. The van der Waals surface area contributed by atoms with Crippen LogP contribution in [0.4, 0.5) is 0 Å². The molecule has 0 aliphatic carbocycles. The van der Waals surface area contributed by atoms with Crippen LogP contribution in [0.2, 0.25) is 0 Å². The van der Waals surface area contributed by atoms with Crippen molar-refractivity contribution in [2.45, 2.75) is 94.4 Å². The minimum Gasteiger partial charge on any atom is -0.262 e. The van der Waals surface area contributed by atoms with Gasteiger partial charge in [0, 0.05) is 23.8 Å². The Labute approximate surface area is 197 Å². The monoisotopic (exact) mass is 436 g/mol. The summed E-state index contributed by atoms with van der Waals surface area (Å²) in [5.41, 5.74) is 8.47. The second-order valence-electron chi connectivity index (χ2n) is 9.00. The Morgan fingerprint density at radius 3 is 1.56 bits per heavy atom. The lowest BCUT2D eigenvalue weighted by molar-refractivity contribution is 0.831. The van der Waals surface area contributed by atoms with Gasteiger partial charge >= 0.3 is 0 Å². The van der Waals surface area contributed by atoms with Gasteiger partial charge in [-0.2, -0.15) is 10.2 Å². The van der Waals surface area contributed by atoms with Crippen molar-refractivity contribution in [3.05, 3.63) is 82.2 Å². The molecular weight excluding hydrogens is 392 g/mol. The van der Waals surface area contributed by atoms with Crippen molar-refractivity contribution >= 4 is 0 Å². The Morgan fingerprint density at radius 2 is 1.16 bits per heavy atom. The molecule has 0 unspecified atom stereocenters. The van der Waals surface area contributed by atoms with Crippen molar-refractivity contribution in [2.24, 2.45) is 0 Å². The molecule has 3 aromatic heterocycles. The van der Waals surface area contributed by atoms with Crippen molar-refractivity contribution in [3.8, 4) is 0 Å². The number of hydrogen-bond acceptors (Lipinski definition) is 4. The third-order valence-electron chi connectivity index (χ3n) is 5.08. The summed E-state index contributed by atoms with van der Waals surface area (Å²) < 4.78 is 0. The van der Waals surface area contributed by atoms with E-state index < -0.39 is 0 Å². The molecule has 4 heteroatoms. The fraction of sp³-hybridized carbons (Fsp3) is 0.500. The van der Waals surface area contributed by atoms with Gasteiger partial charge < -0.3 is 0 Å². The zero-order valence-corrected chi connectivity index (χ0v) is 21.1. The molecule has 0 saturated heterocycles. The SMILES string of the molecule is C.Cc1cc(C(C)C)ccn1.Cc1cc(C(C)C)cnc1C.Cc1cc(C(C)C)cnn1. The molecule has 0 bridgehead atoms. The lowest BCUT2D eigenvalue weighted by Gasteiger charge is -2.06. The first-order valence-electron chi connectivity index (χ1n) is 11.2. The lowest BCUT2D eigenvalue weighted by atomic mass is 10.0. The number of nitrogens with zero attached hydrogens (tertiary/aromatic N) is 4. The Bertz CT molecular complexity index is 881. The van der Waals surface area contributed by atoms with Crippen LogP contribution < -0.4 is 0 Å². The molecule has 0 radical (unpaired) electrons. The molecule has 0 aromatic carbocycles. The van der Waals surface area contributed by atoms with E-state index in [0.29, 0.717) is 17.8 Å². The summed E-state index contributed by atoms with van der Waals surface area (Å²) in [6.07, 6.45) is 5.65. The van der Waals surface area contributed by atoms with E-state index in [-0.39, 0.29) is 7.43 Å².